The zero-order valence-electron chi connectivity index (χ0n) is 8.29. The third-order valence-corrected chi connectivity index (χ3v) is 2.23. The minimum Gasteiger partial charge on any atom is -0.372 e. The van der Waals surface area contributed by atoms with Crippen LogP contribution in [-0.4, -0.2) is 13.1 Å². The van der Waals surface area contributed by atoms with Crippen molar-refractivity contribution in [3.05, 3.63) is 29.8 Å². The maximum Gasteiger partial charge on any atom is 0.107 e. The van der Waals surface area contributed by atoms with Gasteiger partial charge in [-0.1, -0.05) is 12.1 Å². The van der Waals surface area contributed by atoms with Gasteiger partial charge in [0.25, 0.3) is 0 Å². The summed E-state index contributed by atoms with van der Waals surface area (Å²) < 4.78 is 0. The molecule has 0 fully saturated rings. The molecule has 0 aliphatic heterocycles. The fraction of sp³-hybridized carbons (Fsp3) is 0.455. The van der Waals surface area contributed by atoms with E-state index < -0.39 is 0 Å². The lowest BCUT2D eigenvalue weighted by molar-refractivity contribution is 0.177. The highest BCUT2D eigenvalue weighted by atomic mass is 16.3. The van der Waals surface area contributed by atoms with Crippen LogP contribution in [0.15, 0.2) is 24.3 Å². The molecule has 0 amide bonds. The fourth-order valence-corrected chi connectivity index (χ4v) is 1.39. The summed E-state index contributed by atoms with van der Waals surface area (Å²) in [6, 6.07) is 7.84. The van der Waals surface area contributed by atoms with Gasteiger partial charge in [0, 0.05) is 18.8 Å². The number of nitrogens with zero attached hydrogens (tertiary/aromatic N) is 1. The number of hydrogen-bond donors (Lipinski definition) is 0. The second-order valence-electron chi connectivity index (χ2n) is 2.98. The SMILES string of the molecule is CCN(CC)c1ccc(C[O])cc1. The third kappa shape index (κ3) is 2.46. The molecule has 0 unspecified atom stereocenters. The highest BCUT2D eigenvalue weighted by Crippen LogP contribution is 2.14. The van der Waals surface area contributed by atoms with E-state index in [-0.39, 0.29) is 6.61 Å². The average molecular weight is 178 g/mol. The summed E-state index contributed by atoms with van der Waals surface area (Å²) in [5, 5.41) is 10.5. The summed E-state index contributed by atoms with van der Waals surface area (Å²) in [4.78, 5) is 2.26. The Kier molecular flexibility index (Phi) is 3.77. The molecule has 2 heteroatoms. The van der Waals surface area contributed by atoms with Gasteiger partial charge in [0.1, 0.15) is 6.61 Å². The topological polar surface area (TPSA) is 23.1 Å². The molecule has 0 aromatic heterocycles. The second-order valence-corrected chi connectivity index (χ2v) is 2.98. The second kappa shape index (κ2) is 4.87. The Morgan fingerprint density at radius 1 is 1.08 bits per heavy atom. The first-order valence-electron chi connectivity index (χ1n) is 4.73. The zero-order chi connectivity index (χ0) is 9.68. The first-order chi connectivity index (χ1) is 6.31. The molecule has 0 aliphatic carbocycles. The van der Waals surface area contributed by atoms with E-state index >= 15 is 0 Å². The first-order valence-corrected chi connectivity index (χ1v) is 4.73. The molecule has 1 radical (unpaired) electrons. The van der Waals surface area contributed by atoms with Crippen LogP contribution in [0.4, 0.5) is 5.69 Å². The highest BCUT2D eigenvalue weighted by molar-refractivity contribution is 5.47. The van der Waals surface area contributed by atoms with Crippen molar-refractivity contribution < 1.29 is 5.11 Å². The van der Waals surface area contributed by atoms with Gasteiger partial charge >= 0.3 is 0 Å². The van der Waals surface area contributed by atoms with Gasteiger partial charge in [-0.05, 0) is 31.5 Å². The lowest BCUT2D eigenvalue weighted by atomic mass is 10.2. The molecule has 0 aliphatic rings. The Morgan fingerprint density at radius 3 is 2.00 bits per heavy atom. The Balaban J connectivity index is 2.78. The molecule has 0 saturated heterocycles. The van der Waals surface area contributed by atoms with E-state index in [0.717, 1.165) is 18.7 Å². The van der Waals surface area contributed by atoms with Crippen molar-refractivity contribution in [2.24, 2.45) is 0 Å². The van der Waals surface area contributed by atoms with E-state index in [1.165, 1.54) is 5.69 Å². The van der Waals surface area contributed by atoms with Crippen molar-refractivity contribution in [2.75, 3.05) is 18.0 Å². The van der Waals surface area contributed by atoms with Gasteiger partial charge in [0.15, 0.2) is 0 Å². The van der Waals surface area contributed by atoms with Gasteiger partial charge in [0.05, 0.1) is 0 Å². The van der Waals surface area contributed by atoms with Gasteiger partial charge in [-0.3, -0.25) is 0 Å². The van der Waals surface area contributed by atoms with Crippen LogP contribution in [0.1, 0.15) is 19.4 Å². The Bertz CT molecular complexity index is 239. The van der Waals surface area contributed by atoms with Crippen molar-refractivity contribution in [3.63, 3.8) is 0 Å². The van der Waals surface area contributed by atoms with E-state index in [2.05, 4.69) is 18.7 Å². The quantitative estimate of drug-likeness (QED) is 0.694. The van der Waals surface area contributed by atoms with Crippen molar-refractivity contribution in [1.82, 2.24) is 0 Å². The standard InChI is InChI=1S/C11H16NO/c1-3-12(4-2)11-7-5-10(9-13)6-8-11/h5-8H,3-4,9H2,1-2H3. The molecular weight excluding hydrogens is 162 g/mol. The number of benzene rings is 1. The largest absolute Gasteiger partial charge is 0.372 e. The molecular formula is C11H16NO. The van der Waals surface area contributed by atoms with Gasteiger partial charge in [-0.2, -0.15) is 0 Å². The summed E-state index contributed by atoms with van der Waals surface area (Å²) in [6.45, 7) is 6.15. The van der Waals surface area contributed by atoms with Crippen LogP contribution in [0.5, 0.6) is 0 Å². The monoisotopic (exact) mass is 178 g/mol. The first kappa shape index (κ1) is 10.1. The van der Waals surface area contributed by atoms with E-state index in [0.29, 0.717) is 0 Å². The van der Waals surface area contributed by atoms with Crippen LogP contribution in [0.2, 0.25) is 0 Å². The molecule has 0 saturated carbocycles. The lowest BCUT2D eigenvalue weighted by Crippen LogP contribution is -2.21. The van der Waals surface area contributed by atoms with Crippen molar-refractivity contribution in [2.45, 2.75) is 20.5 Å². The van der Waals surface area contributed by atoms with E-state index in [1.54, 1.807) is 0 Å². The maximum atomic E-state index is 10.5. The van der Waals surface area contributed by atoms with Crippen LogP contribution >= 0.6 is 0 Å². The molecule has 1 aromatic carbocycles. The normalized spacial score (nSPS) is 10.1. The van der Waals surface area contributed by atoms with Crippen LogP contribution in [-0.2, 0) is 11.7 Å². The van der Waals surface area contributed by atoms with Gasteiger partial charge in [-0.25, -0.2) is 5.11 Å². The number of rotatable bonds is 4. The van der Waals surface area contributed by atoms with Crippen molar-refractivity contribution >= 4 is 5.69 Å². The molecule has 0 atom stereocenters. The van der Waals surface area contributed by atoms with Gasteiger partial charge in [0.2, 0.25) is 0 Å². The summed E-state index contributed by atoms with van der Waals surface area (Å²) in [5.74, 6) is 0. The molecule has 2 nitrogen and oxygen atoms in total. The molecule has 71 valence electrons. The van der Waals surface area contributed by atoms with E-state index in [1.807, 2.05) is 24.3 Å². The molecule has 0 spiro atoms. The Morgan fingerprint density at radius 2 is 1.62 bits per heavy atom. The van der Waals surface area contributed by atoms with Gasteiger partial charge in [-0.15, -0.1) is 0 Å². The number of anilines is 1. The molecule has 1 aromatic rings. The smallest absolute Gasteiger partial charge is 0.107 e. The molecule has 0 N–H and O–H groups in total. The molecule has 0 heterocycles. The van der Waals surface area contributed by atoms with Crippen molar-refractivity contribution in [3.8, 4) is 0 Å². The minimum absolute atomic E-state index is 0.126. The predicted octanol–water partition coefficient (Wildman–Crippen LogP) is 2.46. The van der Waals surface area contributed by atoms with Crippen LogP contribution in [0.25, 0.3) is 0 Å². The van der Waals surface area contributed by atoms with Crippen molar-refractivity contribution in [1.29, 1.82) is 0 Å². The number of hydrogen-bond acceptors (Lipinski definition) is 1. The Hall–Kier alpha value is -1.02. The van der Waals surface area contributed by atoms with E-state index in [4.69, 9.17) is 0 Å². The van der Waals surface area contributed by atoms with Gasteiger partial charge < -0.3 is 4.90 Å². The highest BCUT2D eigenvalue weighted by Gasteiger charge is 2.00. The summed E-state index contributed by atoms with van der Waals surface area (Å²) >= 11 is 0. The van der Waals surface area contributed by atoms with Crippen LogP contribution < -0.4 is 4.90 Å². The van der Waals surface area contributed by atoms with Crippen LogP contribution in [0.3, 0.4) is 0 Å². The molecule has 1 rings (SSSR count). The third-order valence-electron chi connectivity index (χ3n) is 2.23. The maximum absolute atomic E-state index is 10.5. The molecule has 0 bridgehead atoms. The van der Waals surface area contributed by atoms with E-state index in [9.17, 15) is 5.11 Å². The Labute approximate surface area is 79.8 Å². The average Bonchev–Trinajstić information content (AvgIpc) is 2.21. The minimum atomic E-state index is -0.126. The zero-order valence-corrected chi connectivity index (χ0v) is 8.29. The summed E-state index contributed by atoms with van der Waals surface area (Å²) in [6.07, 6.45) is 0. The van der Waals surface area contributed by atoms with Crippen LogP contribution in [0, 0.1) is 0 Å². The summed E-state index contributed by atoms with van der Waals surface area (Å²) in [7, 11) is 0. The summed E-state index contributed by atoms with van der Waals surface area (Å²) in [5.41, 5.74) is 2.05. The predicted molar refractivity (Wildman–Crippen MR) is 54.4 cm³/mol. The molecule has 13 heavy (non-hydrogen) atoms. The lowest BCUT2D eigenvalue weighted by Gasteiger charge is -2.20. The fourth-order valence-electron chi connectivity index (χ4n) is 1.39.